The lowest BCUT2D eigenvalue weighted by atomic mass is 10.1. The van der Waals surface area contributed by atoms with E-state index in [-0.39, 0.29) is 17.9 Å². The van der Waals surface area contributed by atoms with E-state index in [0.29, 0.717) is 29.8 Å². The number of hydrogen-bond acceptors (Lipinski definition) is 8. The lowest BCUT2D eigenvalue weighted by Gasteiger charge is -2.27. The average molecular weight is 434 g/mol. The predicted molar refractivity (Wildman–Crippen MR) is 122 cm³/mol. The van der Waals surface area contributed by atoms with Crippen molar-refractivity contribution in [3.8, 4) is 11.5 Å². The third kappa shape index (κ3) is 3.57. The molecule has 0 aliphatic carbocycles. The van der Waals surface area contributed by atoms with Gasteiger partial charge in [-0.25, -0.2) is 4.98 Å². The van der Waals surface area contributed by atoms with Crippen molar-refractivity contribution in [2.75, 3.05) is 34.8 Å². The number of carbonyl (C=O) groups is 1. The Hall–Kier alpha value is -3.49. The molecule has 3 aromatic rings. The molecule has 2 aliphatic rings. The minimum atomic E-state index is -0.0944. The Balaban J connectivity index is 1.53. The van der Waals surface area contributed by atoms with Crippen LogP contribution in [-0.2, 0) is 0 Å². The number of fused-ring (bicyclic) bond motifs is 3. The molecule has 0 saturated carbocycles. The number of hydrogen-bond donors (Lipinski definition) is 1. The van der Waals surface area contributed by atoms with E-state index in [2.05, 4.69) is 25.4 Å². The molecule has 0 spiro atoms. The second-order valence-electron chi connectivity index (χ2n) is 8.52. The number of aromatic nitrogens is 4. The van der Waals surface area contributed by atoms with Crippen LogP contribution in [-0.4, -0.2) is 51.7 Å². The Bertz CT molecular complexity index is 1140. The third-order valence-corrected chi connectivity index (χ3v) is 5.96. The summed E-state index contributed by atoms with van der Waals surface area (Å²) in [6.07, 6.45) is 3.74. The Morgan fingerprint density at radius 3 is 2.94 bits per heavy atom. The van der Waals surface area contributed by atoms with E-state index in [9.17, 15) is 4.79 Å². The van der Waals surface area contributed by atoms with Crippen LogP contribution in [0.3, 0.4) is 0 Å². The summed E-state index contributed by atoms with van der Waals surface area (Å²) in [6.45, 7) is 8.23. The molecule has 0 radical (unpaired) electrons. The molecule has 2 aliphatic heterocycles. The number of nitrogens with one attached hydrogen (secondary N) is 1. The topological polar surface area (TPSA) is 100 Å². The fraction of sp³-hybridized carbons (Fsp3) is 0.435. The minimum Gasteiger partial charge on any atom is -0.420 e. The molecule has 1 atom stereocenters. The fourth-order valence-corrected chi connectivity index (χ4v) is 4.34. The van der Waals surface area contributed by atoms with Crippen LogP contribution in [0.25, 0.3) is 11.5 Å². The molecule has 1 unspecified atom stereocenters. The summed E-state index contributed by atoms with van der Waals surface area (Å²) in [5.41, 5.74) is 2.12. The van der Waals surface area contributed by atoms with Crippen LogP contribution in [0.15, 0.2) is 34.9 Å². The minimum absolute atomic E-state index is 0.0944. The Kier molecular flexibility index (Phi) is 5.24. The smallest absolute Gasteiger partial charge is 0.263 e. The van der Waals surface area contributed by atoms with Crippen LogP contribution >= 0.6 is 0 Å². The molecule has 2 aromatic heterocycles. The average Bonchev–Trinajstić information content (AvgIpc) is 3.45. The SMILES string of the molecule is CCNc1ncc2c(n1)N1CCCC1CN(c1cccc(-c3nnc(C(C)C)o3)c1)C2=O. The van der Waals surface area contributed by atoms with E-state index in [0.717, 1.165) is 43.0 Å². The van der Waals surface area contributed by atoms with Gasteiger partial charge in [0.15, 0.2) is 0 Å². The zero-order valence-corrected chi connectivity index (χ0v) is 18.6. The van der Waals surface area contributed by atoms with Crippen molar-refractivity contribution in [3.63, 3.8) is 0 Å². The molecule has 166 valence electrons. The summed E-state index contributed by atoms with van der Waals surface area (Å²) in [4.78, 5) is 26.8. The monoisotopic (exact) mass is 433 g/mol. The molecular formula is C23H27N7O2. The van der Waals surface area contributed by atoms with Crippen molar-refractivity contribution in [1.82, 2.24) is 20.2 Å². The molecular weight excluding hydrogens is 406 g/mol. The first-order valence-electron chi connectivity index (χ1n) is 11.2. The molecule has 1 aromatic carbocycles. The summed E-state index contributed by atoms with van der Waals surface area (Å²) < 4.78 is 5.83. The van der Waals surface area contributed by atoms with E-state index in [4.69, 9.17) is 9.40 Å². The number of amides is 1. The van der Waals surface area contributed by atoms with Gasteiger partial charge in [0.25, 0.3) is 5.91 Å². The summed E-state index contributed by atoms with van der Waals surface area (Å²) in [5.74, 6) is 2.39. The summed E-state index contributed by atoms with van der Waals surface area (Å²) in [5, 5.41) is 11.5. The highest BCUT2D eigenvalue weighted by molar-refractivity contribution is 6.10. The van der Waals surface area contributed by atoms with Crippen molar-refractivity contribution >= 4 is 23.4 Å². The maximum Gasteiger partial charge on any atom is 0.263 e. The van der Waals surface area contributed by atoms with Gasteiger partial charge in [0, 0.05) is 49.0 Å². The first-order chi connectivity index (χ1) is 15.5. The van der Waals surface area contributed by atoms with Gasteiger partial charge >= 0.3 is 0 Å². The Labute approximate surface area is 186 Å². The van der Waals surface area contributed by atoms with E-state index in [1.54, 1.807) is 6.20 Å². The molecule has 1 saturated heterocycles. The molecule has 1 N–H and O–H groups in total. The second-order valence-corrected chi connectivity index (χ2v) is 8.52. The zero-order valence-electron chi connectivity index (χ0n) is 18.6. The van der Waals surface area contributed by atoms with Crippen LogP contribution in [0.4, 0.5) is 17.5 Å². The largest absolute Gasteiger partial charge is 0.420 e. The van der Waals surface area contributed by atoms with Gasteiger partial charge in [-0.05, 0) is 38.0 Å². The van der Waals surface area contributed by atoms with Gasteiger partial charge in [-0.15, -0.1) is 10.2 Å². The van der Waals surface area contributed by atoms with Gasteiger partial charge in [-0.3, -0.25) is 4.79 Å². The Morgan fingerprint density at radius 1 is 1.28 bits per heavy atom. The normalized spacial score (nSPS) is 18.0. The lowest BCUT2D eigenvalue weighted by molar-refractivity contribution is 0.0988. The zero-order chi connectivity index (χ0) is 22.2. The molecule has 5 rings (SSSR count). The third-order valence-electron chi connectivity index (χ3n) is 5.96. The summed E-state index contributed by atoms with van der Waals surface area (Å²) in [6, 6.07) is 7.93. The first-order valence-corrected chi connectivity index (χ1v) is 11.2. The van der Waals surface area contributed by atoms with Crippen LogP contribution < -0.4 is 15.1 Å². The van der Waals surface area contributed by atoms with Crippen LogP contribution in [0.5, 0.6) is 0 Å². The van der Waals surface area contributed by atoms with Crippen LogP contribution in [0.1, 0.15) is 55.8 Å². The molecule has 4 heterocycles. The lowest BCUT2D eigenvalue weighted by Crippen LogP contribution is -2.39. The summed E-state index contributed by atoms with van der Waals surface area (Å²) in [7, 11) is 0. The van der Waals surface area contributed by atoms with Crippen LogP contribution in [0.2, 0.25) is 0 Å². The second kappa shape index (κ2) is 8.22. The maximum absolute atomic E-state index is 13.6. The van der Waals surface area contributed by atoms with Gasteiger partial charge in [0.2, 0.25) is 17.7 Å². The molecule has 9 heteroatoms. The quantitative estimate of drug-likeness (QED) is 0.650. The highest BCUT2D eigenvalue weighted by Crippen LogP contribution is 2.35. The fourth-order valence-electron chi connectivity index (χ4n) is 4.34. The maximum atomic E-state index is 13.6. The van der Waals surface area contributed by atoms with Gasteiger partial charge in [-0.1, -0.05) is 19.9 Å². The van der Waals surface area contributed by atoms with Crippen molar-refractivity contribution in [2.24, 2.45) is 0 Å². The highest BCUT2D eigenvalue weighted by atomic mass is 16.4. The van der Waals surface area contributed by atoms with E-state index in [1.807, 2.05) is 49.9 Å². The molecule has 0 bridgehead atoms. The van der Waals surface area contributed by atoms with Gasteiger partial charge in [0.1, 0.15) is 11.4 Å². The number of rotatable bonds is 5. The molecule has 1 fully saturated rings. The summed E-state index contributed by atoms with van der Waals surface area (Å²) >= 11 is 0. The molecule has 32 heavy (non-hydrogen) atoms. The van der Waals surface area contributed by atoms with E-state index < -0.39 is 0 Å². The van der Waals surface area contributed by atoms with Crippen molar-refractivity contribution < 1.29 is 9.21 Å². The number of nitrogens with zero attached hydrogens (tertiary/aromatic N) is 6. The van der Waals surface area contributed by atoms with Gasteiger partial charge in [-0.2, -0.15) is 4.98 Å². The van der Waals surface area contributed by atoms with Crippen molar-refractivity contribution in [1.29, 1.82) is 0 Å². The Morgan fingerprint density at radius 2 is 2.16 bits per heavy atom. The van der Waals surface area contributed by atoms with Gasteiger partial charge in [0.05, 0.1) is 0 Å². The first kappa shape index (κ1) is 20.4. The highest BCUT2D eigenvalue weighted by Gasteiger charge is 2.37. The standard InChI is InChI=1S/C23H27N7O2/c1-4-24-23-25-12-18-19(26-23)29-10-6-9-17(29)13-30(22(18)31)16-8-5-7-15(11-16)21-28-27-20(32-21)14(2)3/h5,7-8,11-12,14,17H,4,6,9-10,13H2,1-3H3,(H,24,25,26). The van der Waals surface area contributed by atoms with E-state index in [1.165, 1.54) is 0 Å². The predicted octanol–water partition coefficient (Wildman–Crippen LogP) is 3.71. The van der Waals surface area contributed by atoms with E-state index >= 15 is 0 Å². The number of carbonyl (C=O) groups excluding carboxylic acids is 1. The van der Waals surface area contributed by atoms with Crippen molar-refractivity contribution in [2.45, 2.75) is 45.6 Å². The van der Waals surface area contributed by atoms with Gasteiger partial charge < -0.3 is 19.5 Å². The number of benzene rings is 1. The van der Waals surface area contributed by atoms with Crippen molar-refractivity contribution in [3.05, 3.63) is 41.9 Å². The van der Waals surface area contributed by atoms with Crippen LogP contribution in [0, 0.1) is 0 Å². The molecule has 1 amide bonds. The number of anilines is 3. The molecule has 9 nitrogen and oxygen atoms in total.